The van der Waals surface area contributed by atoms with Crippen molar-refractivity contribution in [2.24, 2.45) is 0 Å². The highest BCUT2D eigenvalue weighted by atomic mass is 19.1. The van der Waals surface area contributed by atoms with Crippen molar-refractivity contribution >= 4 is 16.7 Å². The minimum absolute atomic E-state index is 0.137. The highest BCUT2D eigenvalue weighted by molar-refractivity contribution is 5.97. The van der Waals surface area contributed by atoms with E-state index in [1.807, 2.05) is 18.2 Å². The van der Waals surface area contributed by atoms with Gasteiger partial charge in [-0.25, -0.2) is 4.39 Å². The molecule has 0 aliphatic rings. The summed E-state index contributed by atoms with van der Waals surface area (Å²) in [5, 5.41) is 1.00. The molecule has 104 valence electrons. The summed E-state index contributed by atoms with van der Waals surface area (Å²) < 4.78 is 18.5. The van der Waals surface area contributed by atoms with E-state index in [4.69, 9.17) is 4.74 Å². The van der Waals surface area contributed by atoms with Gasteiger partial charge in [-0.3, -0.25) is 9.78 Å². The molecule has 3 aromatic rings. The van der Waals surface area contributed by atoms with Crippen molar-refractivity contribution in [3.05, 3.63) is 72.2 Å². The van der Waals surface area contributed by atoms with Gasteiger partial charge in [-0.05, 0) is 30.3 Å². The highest BCUT2D eigenvalue weighted by Gasteiger charge is 2.08. The molecule has 3 nitrogen and oxygen atoms in total. The molecule has 4 heteroatoms. The van der Waals surface area contributed by atoms with Crippen molar-refractivity contribution in [1.29, 1.82) is 0 Å². The molecule has 1 heterocycles. The molecule has 0 saturated carbocycles. The Morgan fingerprint density at radius 3 is 2.86 bits per heavy atom. The van der Waals surface area contributed by atoms with Crippen molar-refractivity contribution in [3.63, 3.8) is 0 Å². The predicted octanol–water partition coefficient (Wildman–Crippen LogP) is 3.64. The van der Waals surface area contributed by atoms with Crippen LogP contribution in [0.2, 0.25) is 0 Å². The van der Waals surface area contributed by atoms with E-state index in [0.29, 0.717) is 11.3 Å². The maximum Gasteiger partial charge on any atom is 0.200 e. The smallest absolute Gasteiger partial charge is 0.200 e. The Labute approximate surface area is 121 Å². The molecular formula is C17H12FNO2. The zero-order valence-corrected chi connectivity index (χ0v) is 11.1. The minimum Gasteiger partial charge on any atom is -0.485 e. The van der Waals surface area contributed by atoms with E-state index in [0.717, 1.165) is 10.9 Å². The number of benzene rings is 2. The highest BCUT2D eigenvalue weighted by Crippen LogP contribution is 2.19. The monoisotopic (exact) mass is 281 g/mol. The zero-order valence-electron chi connectivity index (χ0n) is 11.1. The Balaban J connectivity index is 1.72. The van der Waals surface area contributed by atoms with Gasteiger partial charge in [-0.1, -0.05) is 18.2 Å². The third kappa shape index (κ3) is 3.05. The average molecular weight is 281 g/mol. The molecule has 0 N–H and O–H groups in total. The number of nitrogens with zero attached hydrogens (tertiary/aromatic N) is 1. The first-order valence-electron chi connectivity index (χ1n) is 6.49. The molecule has 0 atom stereocenters. The Morgan fingerprint density at radius 2 is 2.00 bits per heavy atom. The van der Waals surface area contributed by atoms with E-state index in [-0.39, 0.29) is 12.4 Å². The summed E-state index contributed by atoms with van der Waals surface area (Å²) in [6.45, 7) is -0.137. The number of ketones is 1. The van der Waals surface area contributed by atoms with E-state index in [1.165, 1.54) is 18.2 Å². The Morgan fingerprint density at radius 1 is 1.10 bits per heavy atom. The Bertz CT molecular complexity index is 801. The number of hydrogen-bond donors (Lipinski definition) is 0. The third-order valence-electron chi connectivity index (χ3n) is 3.09. The van der Waals surface area contributed by atoms with Crippen molar-refractivity contribution in [2.75, 3.05) is 6.61 Å². The fourth-order valence-electron chi connectivity index (χ4n) is 2.03. The summed E-state index contributed by atoms with van der Waals surface area (Å²) in [5.74, 6) is -0.141. The fraction of sp³-hybridized carbons (Fsp3) is 0.0588. The number of carbonyl (C=O) groups excluding carboxylic acids is 1. The molecule has 1 aromatic heterocycles. The summed E-state index contributed by atoms with van der Waals surface area (Å²) in [5.41, 5.74) is 1.10. The summed E-state index contributed by atoms with van der Waals surface area (Å²) in [7, 11) is 0. The summed E-state index contributed by atoms with van der Waals surface area (Å²) >= 11 is 0. The van der Waals surface area contributed by atoms with Crippen LogP contribution in [0.1, 0.15) is 10.4 Å². The number of aromatic nitrogens is 1. The topological polar surface area (TPSA) is 39.2 Å². The lowest BCUT2D eigenvalue weighted by molar-refractivity contribution is 0.0921. The molecule has 3 rings (SSSR count). The van der Waals surface area contributed by atoms with Gasteiger partial charge in [0.25, 0.3) is 0 Å². The predicted molar refractivity (Wildman–Crippen MR) is 78.0 cm³/mol. The van der Waals surface area contributed by atoms with Gasteiger partial charge in [0.2, 0.25) is 0 Å². The van der Waals surface area contributed by atoms with E-state index < -0.39 is 5.82 Å². The van der Waals surface area contributed by atoms with Crippen LogP contribution in [0.3, 0.4) is 0 Å². The lowest BCUT2D eigenvalue weighted by atomic mass is 10.1. The molecule has 0 aliphatic heterocycles. The minimum atomic E-state index is -0.434. The summed E-state index contributed by atoms with van der Waals surface area (Å²) in [4.78, 5) is 16.2. The summed E-state index contributed by atoms with van der Waals surface area (Å²) in [6.07, 6.45) is 1.70. The first-order chi connectivity index (χ1) is 10.2. The number of halogens is 1. The van der Waals surface area contributed by atoms with Gasteiger partial charge < -0.3 is 4.74 Å². The van der Waals surface area contributed by atoms with Gasteiger partial charge in [0.1, 0.15) is 11.6 Å². The molecule has 0 amide bonds. The van der Waals surface area contributed by atoms with Gasteiger partial charge in [0.05, 0.1) is 5.52 Å². The van der Waals surface area contributed by atoms with E-state index >= 15 is 0 Å². The molecule has 21 heavy (non-hydrogen) atoms. The van der Waals surface area contributed by atoms with Crippen molar-refractivity contribution in [3.8, 4) is 5.75 Å². The van der Waals surface area contributed by atoms with Crippen LogP contribution in [0.15, 0.2) is 60.8 Å². The van der Waals surface area contributed by atoms with Gasteiger partial charge in [0, 0.05) is 23.2 Å². The number of pyridine rings is 1. The largest absolute Gasteiger partial charge is 0.485 e. The first-order valence-corrected chi connectivity index (χ1v) is 6.49. The molecule has 2 aromatic carbocycles. The molecule has 0 fully saturated rings. The lowest BCUT2D eigenvalue weighted by Gasteiger charge is -2.06. The van der Waals surface area contributed by atoms with Crippen LogP contribution < -0.4 is 4.74 Å². The number of hydrogen-bond acceptors (Lipinski definition) is 3. The number of Topliss-reactive ketones (excluding diaryl/α,β-unsaturated/α-hetero) is 1. The van der Waals surface area contributed by atoms with Crippen molar-refractivity contribution < 1.29 is 13.9 Å². The second kappa shape index (κ2) is 5.71. The lowest BCUT2D eigenvalue weighted by Crippen LogP contribution is -2.11. The average Bonchev–Trinajstić information content (AvgIpc) is 2.52. The molecule has 0 aliphatic carbocycles. The number of fused-ring (bicyclic) bond motifs is 1. The maximum absolute atomic E-state index is 13.1. The normalized spacial score (nSPS) is 10.5. The molecule has 0 saturated heterocycles. The van der Waals surface area contributed by atoms with Crippen LogP contribution in [0.4, 0.5) is 4.39 Å². The Hall–Kier alpha value is -2.75. The molecule has 0 bridgehead atoms. The fourth-order valence-corrected chi connectivity index (χ4v) is 2.03. The SMILES string of the molecule is O=C(COc1ccc2cccnc2c1)c1cccc(F)c1. The van der Waals surface area contributed by atoms with Crippen molar-refractivity contribution in [1.82, 2.24) is 4.98 Å². The van der Waals surface area contributed by atoms with Crippen LogP contribution in [-0.2, 0) is 0 Å². The van der Waals surface area contributed by atoms with E-state index in [1.54, 1.807) is 24.4 Å². The Kier molecular flexibility index (Phi) is 3.60. The maximum atomic E-state index is 13.1. The number of rotatable bonds is 4. The molecule has 0 spiro atoms. The quantitative estimate of drug-likeness (QED) is 0.685. The molecule has 0 radical (unpaired) electrons. The summed E-state index contributed by atoms with van der Waals surface area (Å²) in [6, 6.07) is 14.8. The van der Waals surface area contributed by atoms with Crippen LogP contribution in [0.5, 0.6) is 5.75 Å². The third-order valence-corrected chi connectivity index (χ3v) is 3.09. The van der Waals surface area contributed by atoms with Crippen LogP contribution in [-0.4, -0.2) is 17.4 Å². The zero-order chi connectivity index (χ0) is 14.7. The van der Waals surface area contributed by atoms with Gasteiger partial charge in [-0.15, -0.1) is 0 Å². The van der Waals surface area contributed by atoms with Gasteiger partial charge in [0.15, 0.2) is 12.4 Å². The second-order valence-electron chi connectivity index (χ2n) is 4.58. The first kappa shape index (κ1) is 13.2. The van der Waals surface area contributed by atoms with Gasteiger partial charge in [-0.2, -0.15) is 0 Å². The van der Waals surface area contributed by atoms with Gasteiger partial charge >= 0.3 is 0 Å². The standard InChI is InChI=1S/C17H12FNO2/c18-14-5-1-3-13(9-14)17(20)11-21-15-7-6-12-4-2-8-19-16(12)10-15/h1-10H,11H2. The van der Waals surface area contributed by atoms with Crippen LogP contribution in [0, 0.1) is 5.82 Å². The molecule has 0 unspecified atom stereocenters. The van der Waals surface area contributed by atoms with E-state index in [2.05, 4.69) is 4.98 Å². The van der Waals surface area contributed by atoms with Crippen LogP contribution >= 0.6 is 0 Å². The second-order valence-corrected chi connectivity index (χ2v) is 4.58. The van der Waals surface area contributed by atoms with Crippen LogP contribution in [0.25, 0.3) is 10.9 Å². The van der Waals surface area contributed by atoms with E-state index in [9.17, 15) is 9.18 Å². The molecular weight excluding hydrogens is 269 g/mol. The number of carbonyl (C=O) groups is 1. The van der Waals surface area contributed by atoms with Crippen molar-refractivity contribution in [2.45, 2.75) is 0 Å². The number of ether oxygens (including phenoxy) is 1.